The van der Waals surface area contributed by atoms with Gasteiger partial charge in [0, 0.05) is 18.4 Å². The number of esters is 1. The van der Waals surface area contributed by atoms with E-state index >= 15 is 0 Å². The second kappa shape index (κ2) is 12.1. The van der Waals surface area contributed by atoms with Crippen LogP contribution in [0.15, 0.2) is 24.4 Å². The third kappa shape index (κ3) is 6.64. The van der Waals surface area contributed by atoms with E-state index in [1.54, 1.807) is 12.3 Å². The second-order valence-corrected chi connectivity index (χ2v) is 13.5. The van der Waals surface area contributed by atoms with Crippen molar-refractivity contribution < 1.29 is 14.3 Å². The molecule has 0 unspecified atom stereocenters. The summed E-state index contributed by atoms with van der Waals surface area (Å²) in [6.45, 7) is 9.34. The van der Waals surface area contributed by atoms with Gasteiger partial charge in [0.25, 0.3) is 5.91 Å². The van der Waals surface area contributed by atoms with Gasteiger partial charge in [0.15, 0.2) is 5.01 Å². The number of halogens is 1. The van der Waals surface area contributed by atoms with Crippen molar-refractivity contribution in [2.75, 3.05) is 26.7 Å². The Morgan fingerprint density at radius 2 is 1.98 bits per heavy atom. The number of hydrogen-bond donors (Lipinski definition) is 1. The molecule has 10 heteroatoms. The van der Waals surface area contributed by atoms with Crippen molar-refractivity contribution in [3.63, 3.8) is 0 Å². The highest BCUT2D eigenvalue weighted by atomic mass is 35.5. The second-order valence-electron chi connectivity index (χ2n) is 12.1. The minimum absolute atomic E-state index is 0.0325. The first-order valence-electron chi connectivity index (χ1n) is 14.1. The van der Waals surface area contributed by atoms with E-state index in [9.17, 15) is 9.59 Å². The normalized spacial score (nSPS) is 19.3. The van der Waals surface area contributed by atoms with Crippen LogP contribution < -0.4 is 5.32 Å². The predicted molar refractivity (Wildman–Crippen MR) is 158 cm³/mol. The number of ether oxygens (including phenoxy) is 1. The molecular formula is C30H38ClN5O3S. The van der Waals surface area contributed by atoms with Crippen molar-refractivity contribution in [1.82, 2.24) is 25.2 Å². The van der Waals surface area contributed by atoms with E-state index in [2.05, 4.69) is 42.0 Å². The zero-order valence-electron chi connectivity index (χ0n) is 23.7. The van der Waals surface area contributed by atoms with Crippen LogP contribution in [0.25, 0.3) is 10.3 Å². The Hall–Kier alpha value is -2.62. The number of carbonyl (C=O) groups excluding carboxylic acids is 2. The number of aryl methyl sites for hydroxylation is 1. The highest BCUT2D eigenvalue weighted by Gasteiger charge is 2.30. The Labute approximate surface area is 244 Å². The summed E-state index contributed by atoms with van der Waals surface area (Å²) in [5.41, 5.74) is 4.34. The van der Waals surface area contributed by atoms with Crippen LogP contribution in [0.4, 0.5) is 0 Å². The Balaban J connectivity index is 1.29. The molecule has 1 fully saturated rings. The molecule has 214 valence electrons. The van der Waals surface area contributed by atoms with E-state index in [0.717, 1.165) is 73.3 Å². The number of rotatable bonds is 7. The van der Waals surface area contributed by atoms with E-state index in [1.165, 1.54) is 24.0 Å². The standard InChI is InChI=1S/C30H38ClN5O3S/c1-30(2,3)21-6-7-22-20(15-21)16-24-27(34-22)40-28(35-24)26(37)33-23(19-5-8-25(31)32-17-19)11-14-36-12-9-18(10-13-36)29(38)39-4/h5,8,16-18,21,23H,6-7,9-15H2,1-4H3,(H,33,37)/t21-,23+/m0/s1. The van der Waals surface area contributed by atoms with E-state index in [4.69, 9.17) is 26.3 Å². The van der Waals surface area contributed by atoms with Gasteiger partial charge in [0.1, 0.15) is 15.5 Å². The van der Waals surface area contributed by atoms with Crippen LogP contribution in [0.5, 0.6) is 0 Å². The Morgan fingerprint density at radius 3 is 2.65 bits per heavy atom. The Bertz CT molecular complexity index is 1360. The van der Waals surface area contributed by atoms with Gasteiger partial charge in [-0.15, -0.1) is 0 Å². The number of methoxy groups -OCH3 is 1. The molecule has 3 aromatic rings. The number of aromatic nitrogens is 3. The summed E-state index contributed by atoms with van der Waals surface area (Å²) < 4.78 is 4.91. The van der Waals surface area contributed by atoms with Gasteiger partial charge in [-0.25, -0.2) is 15.0 Å². The monoisotopic (exact) mass is 583 g/mol. The van der Waals surface area contributed by atoms with Crippen molar-refractivity contribution >= 4 is 45.2 Å². The summed E-state index contributed by atoms with van der Waals surface area (Å²) in [7, 11) is 1.44. The molecule has 3 aromatic heterocycles. The number of carbonyl (C=O) groups is 2. The van der Waals surface area contributed by atoms with E-state index in [1.807, 2.05) is 6.07 Å². The van der Waals surface area contributed by atoms with Crippen LogP contribution in [-0.4, -0.2) is 58.5 Å². The minimum Gasteiger partial charge on any atom is -0.469 e. The lowest BCUT2D eigenvalue weighted by atomic mass is 9.71. The van der Waals surface area contributed by atoms with Crippen LogP contribution >= 0.6 is 22.9 Å². The van der Waals surface area contributed by atoms with Crippen LogP contribution in [0.2, 0.25) is 5.15 Å². The molecule has 2 aliphatic rings. The molecule has 0 aromatic carbocycles. The highest BCUT2D eigenvalue weighted by Crippen LogP contribution is 2.38. The maximum absolute atomic E-state index is 13.5. The van der Waals surface area contributed by atoms with Gasteiger partial charge in [-0.2, -0.15) is 0 Å². The molecule has 0 saturated carbocycles. The third-order valence-corrected chi connectivity index (χ3v) is 9.67. The van der Waals surface area contributed by atoms with Crippen molar-refractivity contribution in [3.8, 4) is 0 Å². The lowest BCUT2D eigenvalue weighted by Crippen LogP contribution is -2.39. The number of thiazole rings is 1. The Kier molecular flexibility index (Phi) is 8.73. The molecule has 1 amide bonds. The quantitative estimate of drug-likeness (QED) is 0.284. The summed E-state index contributed by atoms with van der Waals surface area (Å²) in [5.74, 6) is 0.241. The van der Waals surface area contributed by atoms with E-state index in [0.29, 0.717) is 22.5 Å². The van der Waals surface area contributed by atoms with Crippen LogP contribution in [0.3, 0.4) is 0 Å². The number of nitrogens with one attached hydrogen (secondary N) is 1. The molecule has 1 saturated heterocycles. The van der Waals surface area contributed by atoms with E-state index < -0.39 is 0 Å². The van der Waals surface area contributed by atoms with Crippen LogP contribution in [0.1, 0.15) is 79.1 Å². The molecule has 1 aliphatic heterocycles. The maximum atomic E-state index is 13.5. The van der Waals surface area contributed by atoms with Gasteiger partial charge in [-0.05, 0) is 86.2 Å². The molecule has 1 N–H and O–H groups in total. The molecule has 1 aliphatic carbocycles. The molecular weight excluding hydrogens is 546 g/mol. The zero-order valence-corrected chi connectivity index (χ0v) is 25.3. The molecule has 0 spiro atoms. The minimum atomic E-state index is -0.253. The smallest absolute Gasteiger partial charge is 0.308 e. The van der Waals surface area contributed by atoms with Crippen molar-refractivity contribution in [2.45, 2.75) is 65.3 Å². The molecule has 2 atom stereocenters. The number of amides is 1. The third-order valence-electron chi connectivity index (χ3n) is 8.48. The molecule has 0 radical (unpaired) electrons. The summed E-state index contributed by atoms with van der Waals surface area (Å²) >= 11 is 7.39. The Morgan fingerprint density at radius 1 is 1.20 bits per heavy atom. The number of nitrogens with zero attached hydrogens (tertiary/aromatic N) is 4. The van der Waals surface area contributed by atoms with Crippen molar-refractivity contribution in [1.29, 1.82) is 0 Å². The van der Waals surface area contributed by atoms with Gasteiger partial charge < -0.3 is 15.0 Å². The fourth-order valence-electron chi connectivity index (χ4n) is 5.85. The lowest BCUT2D eigenvalue weighted by Gasteiger charge is -2.34. The summed E-state index contributed by atoms with van der Waals surface area (Å²) in [6, 6.07) is 5.54. The number of pyridine rings is 2. The first-order valence-corrected chi connectivity index (χ1v) is 15.3. The largest absolute Gasteiger partial charge is 0.469 e. The van der Waals surface area contributed by atoms with Crippen LogP contribution in [-0.2, 0) is 22.4 Å². The zero-order chi connectivity index (χ0) is 28.4. The fraction of sp³-hybridized carbons (Fsp3) is 0.567. The van der Waals surface area contributed by atoms with Gasteiger partial charge in [0.05, 0.1) is 19.1 Å². The van der Waals surface area contributed by atoms with Crippen molar-refractivity contribution in [3.05, 3.63) is 51.4 Å². The lowest BCUT2D eigenvalue weighted by molar-refractivity contribution is -0.147. The summed E-state index contributed by atoms with van der Waals surface area (Å²) in [4.78, 5) is 42.4. The van der Waals surface area contributed by atoms with Crippen LogP contribution in [0, 0.1) is 17.3 Å². The predicted octanol–water partition coefficient (Wildman–Crippen LogP) is 5.64. The first-order chi connectivity index (χ1) is 19.1. The van der Waals surface area contributed by atoms with Gasteiger partial charge in [-0.1, -0.05) is 49.8 Å². The van der Waals surface area contributed by atoms with Crippen molar-refractivity contribution in [2.24, 2.45) is 17.3 Å². The molecule has 0 bridgehead atoms. The average Bonchev–Trinajstić information content (AvgIpc) is 3.36. The first kappa shape index (κ1) is 28.9. The molecule has 5 rings (SSSR count). The number of likely N-dealkylation sites (tertiary alicyclic amines) is 1. The number of piperidine rings is 1. The average molecular weight is 584 g/mol. The van der Waals surface area contributed by atoms with Gasteiger partial charge in [0.2, 0.25) is 0 Å². The highest BCUT2D eigenvalue weighted by molar-refractivity contribution is 7.19. The number of hydrogen-bond acceptors (Lipinski definition) is 8. The van der Waals surface area contributed by atoms with Gasteiger partial charge >= 0.3 is 5.97 Å². The molecule has 4 heterocycles. The van der Waals surface area contributed by atoms with E-state index in [-0.39, 0.29) is 29.3 Å². The molecule has 40 heavy (non-hydrogen) atoms. The SMILES string of the molecule is COC(=O)C1CCN(CC[C@@H](NC(=O)c2nc3cc4c(nc3s2)CC[C@H](C(C)(C)C)C4)c2ccc(Cl)nc2)CC1. The topological polar surface area (TPSA) is 97.3 Å². The fourth-order valence-corrected chi connectivity index (χ4v) is 6.81. The summed E-state index contributed by atoms with van der Waals surface area (Å²) in [6.07, 6.45) is 7.09. The maximum Gasteiger partial charge on any atom is 0.308 e. The molecule has 8 nitrogen and oxygen atoms in total. The van der Waals surface area contributed by atoms with Gasteiger partial charge in [-0.3, -0.25) is 9.59 Å². The summed E-state index contributed by atoms with van der Waals surface area (Å²) in [5, 5.41) is 4.03. The number of fused-ring (bicyclic) bond motifs is 2.